The Bertz CT molecular complexity index is 635. The van der Waals surface area contributed by atoms with Crippen molar-refractivity contribution in [2.45, 2.75) is 39.9 Å². The van der Waals surface area contributed by atoms with Crippen LogP contribution in [-0.4, -0.2) is 39.5 Å². The third-order valence-electron chi connectivity index (χ3n) is 4.46. The summed E-state index contributed by atoms with van der Waals surface area (Å²) in [6.07, 6.45) is 2.06. The van der Waals surface area contributed by atoms with Crippen molar-refractivity contribution in [3.05, 3.63) is 47.3 Å². The van der Waals surface area contributed by atoms with Gasteiger partial charge in [0.25, 0.3) is 0 Å². The molecule has 132 valence electrons. The van der Waals surface area contributed by atoms with Crippen LogP contribution in [0.1, 0.15) is 30.7 Å². The van der Waals surface area contributed by atoms with E-state index in [0.29, 0.717) is 5.92 Å². The second-order valence-electron chi connectivity index (χ2n) is 6.66. The summed E-state index contributed by atoms with van der Waals surface area (Å²) in [5.41, 5.74) is 3.44. The molecular formula is C19H29N3O2. The molecule has 1 aromatic heterocycles. The smallest absolute Gasteiger partial charge is 0.118 e. The molecule has 0 aliphatic rings. The first kappa shape index (κ1) is 18.5. The lowest BCUT2D eigenvalue weighted by molar-refractivity contribution is 0.0782. The highest BCUT2D eigenvalue weighted by atomic mass is 16.5. The van der Waals surface area contributed by atoms with E-state index < -0.39 is 0 Å². The van der Waals surface area contributed by atoms with E-state index in [1.165, 1.54) is 11.1 Å². The molecule has 0 aliphatic carbocycles. The van der Waals surface area contributed by atoms with Crippen molar-refractivity contribution in [1.29, 1.82) is 0 Å². The molecule has 0 fully saturated rings. The maximum atomic E-state index is 9.90. The van der Waals surface area contributed by atoms with Gasteiger partial charge in [-0.2, -0.15) is 5.10 Å². The van der Waals surface area contributed by atoms with E-state index in [-0.39, 0.29) is 12.6 Å². The monoisotopic (exact) mass is 331 g/mol. The zero-order valence-electron chi connectivity index (χ0n) is 15.4. The Kier molecular flexibility index (Phi) is 6.40. The van der Waals surface area contributed by atoms with Crippen molar-refractivity contribution in [2.75, 3.05) is 13.7 Å². The van der Waals surface area contributed by atoms with Crippen LogP contribution in [0.25, 0.3) is 0 Å². The highest BCUT2D eigenvalue weighted by Gasteiger charge is 2.23. The summed E-state index contributed by atoms with van der Waals surface area (Å²) in [6, 6.07) is 8.22. The standard InChI is InChI=1S/C19H29N3O2/c1-14(2)19(13-23)22(12-17-11-21(4)20-15(17)3)10-16-6-8-18(24-5)9-7-16/h6-9,11,14,19,23H,10,12-13H2,1-5H3/t19-/m1/s1. The highest BCUT2D eigenvalue weighted by molar-refractivity contribution is 5.27. The van der Waals surface area contributed by atoms with Crippen molar-refractivity contribution in [2.24, 2.45) is 13.0 Å². The number of benzene rings is 1. The summed E-state index contributed by atoms with van der Waals surface area (Å²) in [5, 5.41) is 14.3. The van der Waals surface area contributed by atoms with E-state index in [0.717, 1.165) is 24.5 Å². The van der Waals surface area contributed by atoms with Gasteiger partial charge in [-0.1, -0.05) is 26.0 Å². The summed E-state index contributed by atoms with van der Waals surface area (Å²) < 4.78 is 7.08. The third kappa shape index (κ3) is 4.58. The molecule has 5 nitrogen and oxygen atoms in total. The Morgan fingerprint density at radius 1 is 1.21 bits per heavy atom. The van der Waals surface area contributed by atoms with E-state index >= 15 is 0 Å². The van der Waals surface area contributed by atoms with Crippen LogP contribution in [0.4, 0.5) is 0 Å². The number of nitrogens with zero attached hydrogens (tertiary/aromatic N) is 3. The van der Waals surface area contributed by atoms with Crippen molar-refractivity contribution in [3.63, 3.8) is 0 Å². The zero-order valence-corrected chi connectivity index (χ0v) is 15.4. The molecule has 0 amide bonds. The van der Waals surface area contributed by atoms with Gasteiger partial charge in [0.15, 0.2) is 0 Å². The fourth-order valence-corrected chi connectivity index (χ4v) is 3.03. The molecule has 1 atom stereocenters. The first-order chi connectivity index (χ1) is 11.4. The molecule has 2 rings (SSSR count). The molecule has 0 spiro atoms. The van der Waals surface area contributed by atoms with Gasteiger partial charge in [0.2, 0.25) is 0 Å². The van der Waals surface area contributed by atoms with Crippen LogP contribution in [0.5, 0.6) is 5.75 Å². The number of hydrogen-bond acceptors (Lipinski definition) is 4. The SMILES string of the molecule is COc1ccc(CN(Cc2cn(C)nc2C)[C@H](CO)C(C)C)cc1. The molecule has 1 aromatic carbocycles. The maximum Gasteiger partial charge on any atom is 0.118 e. The van der Waals surface area contributed by atoms with E-state index in [1.807, 2.05) is 30.8 Å². The van der Waals surface area contributed by atoms with Crippen LogP contribution in [0.2, 0.25) is 0 Å². The Labute approximate surface area is 144 Å². The molecule has 5 heteroatoms. The predicted octanol–water partition coefficient (Wildman–Crippen LogP) is 2.76. The minimum atomic E-state index is 0.103. The normalized spacial score (nSPS) is 12.8. The van der Waals surface area contributed by atoms with Gasteiger partial charge in [-0.25, -0.2) is 0 Å². The van der Waals surface area contributed by atoms with Crippen LogP contribution in [0.3, 0.4) is 0 Å². The lowest BCUT2D eigenvalue weighted by Crippen LogP contribution is -2.40. The first-order valence-corrected chi connectivity index (χ1v) is 8.41. The fourth-order valence-electron chi connectivity index (χ4n) is 3.03. The predicted molar refractivity (Wildman–Crippen MR) is 95.9 cm³/mol. The number of hydrogen-bond donors (Lipinski definition) is 1. The Balaban J connectivity index is 2.22. The Morgan fingerprint density at radius 2 is 1.88 bits per heavy atom. The van der Waals surface area contributed by atoms with Crippen LogP contribution in [0.15, 0.2) is 30.5 Å². The summed E-state index contributed by atoms with van der Waals surface area (Å²) in [4.78, 5) is 2.33. The van der Waals surface area contributed by atoms with Gasteiger partial charge in [0.05, 0.1) is 19.4 Å². The fraction of sp³-hybridized carbons (Fsp3) is 0.526. The quantitative estimate of drug-likeness (QED) is 0.808. The number of aliphatic hydroxyl groups is 1. The zero-order chi connectivity index (χ0) is 17.7. The lowest BCUT2D eigenvalue weighted by Gasteiger charge is -2.33. The molecule has 0 radical (unpaired) electrons. The minimum Gasteiger partial charge on any atom is -0.497 e. The van der Waals surface area contributed by atoms with Crippen LogP contribution in [-0.2, 0) is 20.1 Å². The summed E-state index contributed by atoms with van der Waals surface area (Å²) in [5.74, 6) is 1.22. The Morgan fingerprint density at radius 3 is 2.33 bits per heavy atom. The summed E-state index contributed by atoms with van der Waals surface area (Å²) in [6.45, 7) is 8.03. The number of aliphatic hydroxyl groups excluding tert-OH is 1. The molecule has 0 saturated carbocycles. The van der Waals surface area contributed by atoms with E-state index in [9.17, 15) is 5.11 Å². The molecule has 0 unspecified atom stereocenters. The minimum absolute atomic E-state index is 0.103. The number of methoxy groups -OCH3 is 1. The van der Waals surface area contributed by atoms with Crippen LogP contribution in [0, 0.1) is 12.8 Å². The van der Waals surface area contributed by atoms with Gasteiger partial charge >= 0.3 is 0 Å². The van der Waals surface area contributed by atoms with Crippen molar-refractivity contribution < 1.29 is 9.84 Å². The number of ether oxygens (including phenoxy) is 1. The van der Waals surface area contributed by atoms with E-state index in [2.05, 4.69) is 42.2 Å². The second kappa shape index (κ2) is 8.31. The molecule has 0 bridgehead atoms. The average molecular weight is 331 g/mol. The molecule has 2 aromatic rings. The Hall–Kier alpha value is -1.85. The third-order valence-corrected chi connectivity index (χ3v) is 4.46. The molecule has 0 saturated heterocycles. The lowest BCUT2D eigenvalue weighted by atomic mass is 10.0. The van der Waals surface area contributed by atoms with Gasteiger partial charge in [0.1, 0.15) is 5.75 Å². The van der Waals surface area contributed by atoms with Gasteiger partial charge < -0.3 is 9.84 Å². The molecule has 24 heavy (non-hydrogen) atoms. The topological polar surface area (TPSA) is 50.5 Å². The molecular weight excluding hydrogens is 302 g/mol. The van der Waals surface area contributed by atoms with Crippen molar-refractivity contribution in [3.8, 4) is 5.75 Å². The van der Waals surface area contributed by atoms with E-state index in [1.54, 1.807) is 7.11 Å². The van der Waals surface area contributed by atoms with Crippen LogP contribution < -0.4 is 4.74 Å². The van der Waals surface area contributed by atoms with Crippen LogP contribution >= 0.6 is 0 Å². The first-order valence-electron chi connectivity index (χ1n) is 8.41. The number of rotatable bonds is 8. The highest BCUT2D eigenvalue weighted by Crippen LogP contribution is 2.20. The van der Waals surface area contributed by atoms with Gasteiger partial charge in [0, 0.05) is 37.9 Å². The van der Waals surface area contributed by atoms with Crippen molar-refractivity contribution >= 4 is 0 Å². The van der Waals surface area contributed by atoms with Crippen molar-refractivity contribution in [1.82, 2.24) is 14.7 Å². The average Bonchev–Trinajstić information content (AvgIpc) is 2.86. The number of aryl methyl sites for hydroxylation is 2. The molecule has 0 aliphatic heterocycles. The summed E-state index contributed by atoms with van der Waals surface area (Å²) in [7, 11) is 3.61. The summed E-state index contributed by atoms with van der Waals surface area (Å²) >= 11 is 0. The second-order valence-corrected chi connectivity index (χ2v) is 6.66. The van der Waals surface area contributed by atoms with Gasteiger partial charge in [-0.05, 0) is 30.5 Å². The number of aromatic nitrogens is 2. The molecule has 1 N–H and O–H groups in total. The molecule has 1 heterocycles. The maximum absolute atomic E-state index is 9.90. The van der Waals surface area contributed by atoms with Gasteiger partial charge in [-0.3, -0.25) is 9.58 Å². The van der Waals surface area contributed by atoms with E-state index in [4.69, 9.17) is 4.74 Å². The largest absolute Gasteiger partial charge is 0.497 e. The van der Waals surface area contributed by atoms with Gasteiger partial charge in [-0.15, -0.1) is 0 Å².